The largest absolute Gasteiger partial charge is 0.376 e. The van der Waals surface area contributed by atoms with E-state index in [1.54, 1.807) is 0 Å². The molecule has 2 aliphatic heterocycles. The number of carbonyl (C=O) groups is 1. The number of nitrogens with zero attached hydrogens (tertiary/aromatic N) is 3. The molecule has 1 fully saturated rings. The van der Waals surface area contributed by atoms with Gasteiger partial charge in [0.1, 0.15) is 0 Å². The Hall–Kier alpha value is -2.34. The van der Waals surface area contributed by atoms with Crippen molar-refractivity contribution in [2.24, 2.45) is 0 Å². The minimum atomic E-state index is -0.256. The fourth-order valence-electron chi connectivity index (χ4n) is 4.34. The number of benzene rings is 1. The standard InChI is InChI=1S/C23H32N4O2/c1-23(2,3)24-22(28)26-13-8-7-11-20(26)21-18-16-29-14-12-19(18)27(25-21)15-17-9-5-4-6-10-17/h4-6,9-10,20H,7-8,11-16H2,1-3H3,(H,24,28)/t20-/m0/s1. The van der Waals surface area contributed by atoms with Gasteiger partial charge in [0.25, 0.3) is 0 Å². The Morgan fingerprint density at radius 1 is 1.24 bits per heavy atom. The third-order valence-electron chi connectivity index (χ3n) is 5.66. The van der Waals surface area contributed by atoms with Gasteiger partial charge in [-0.2, -0.15) is 5.10 Å². The molecule has 156 valence electrons. The molecule has 0 saturated carbocycles. The van der Waals surface area contributed by atoms with Crippen molar-refractivity contribution in [2.45, 2.75) is 71.2 Å². The van der Waals surface area contributed by atoms with Gasteiger partial charge in [-0.3, -0.25) is 4.68 Å². The topological polar surface area (TPSA) is 59.4 Å². The van der Waals surface area contributed by atoms with Crippen LogP contribution in [-0.2, 0) is 24.3 Å². The maximum absolute atomic E-state index is 13.0. The van der Waals surface area contributed by atoms with Gasteiger partial charge < -0.3 is 15.0 Å². The van der Waals surface area contributed by atoms with Gasteiger partial charge in [-0.15, -0.1) is 0 Å². The molecule has 0 spiro atoms. The summed E-state index contributed by atoms with van der Waals surface area (Å²) in [4.78, 5) is 15.0. The van der Waals surface area contributed by atoms with Gasteiger partial charge in [-0.1, -0.05) is 30.3 Å². The second-order valence-electron chi connectivity index (χ2n) is 9.14. The van der Waals surface area contributed by atoms with E-state index in [-0.39, 0.29) is 17.6 Å². The Bertz CT molecular complexity index is 854. The van der Waals surface area contributed by atoms with Crippen molar-refractivity contribution >= 4 is 6.03 Å². The fraction of sp³-hybridized carbons (Fsp3) is 0.565. The van der Waals surface area contributed by atoms with Crippen LogP contribution in [0.3, 0.4) is 0 Å². The van der Waals surface area contributed by atoms with Crippen LogP contribution >= 0.6 is 0 Å². The van der Waals surface area contributed by atoms with Crippen LogP contribution in [0.25, 0.3) is 0 Å². The highest BCUT2D eigenvalue weighted by molar-refractivity contribution is 5.75. The third kappa shape index (κ3) is 4.47. The van der Waals surface area contributed by atoms with E-state index in [0.29, 0.717) is 6.61 Å². The Kier molecular flexibility index (Phi) is 5.63. The van der Waals surface area contributed by atoms with Gasteiger partial charge in [0.15, 0.2) is 0 Å². The van der Waals surface area contributed by atoms with Gasteiger partial charge in [0, 0.05) is 29.8 Å². The number of nitrogens with one attached hydrogen (secondary N) is 1. The number of aromatic nitrogens is 2. The highest BCUT2D eigenvalue weighted by Gasteiger charge is 2.35. The van der Waals surface area contributed by atoms with Crippen LogP contribution in [0.1, 0.15) is 68.6 Å². The molecule has 2 amide bonds. The van der Waals surface area contributed by atoms with E-state index in [1.165, 1.54) is 16.8 Å². The Morgan fingerprint density at radius 2 is 2.03 bits per heavy atom. The minimum absolute atomic E-state index is 0.00490. The first-order valence-electron chi connectivity index (χ1n) is 10.7. The molecule has 3 heterocycles. The van der Waals surface area contributed by atoms with Gasteiger partial charge in [0.05, 0.1) is 31.5 Å². The summed E-state index contributed by atoms with van der Waals surface area (Å²) >= 11 is 0. The summed E-state index contributed by atoms with van der Waals surface area (Å²) in [6.07, 6.45) is 3.98. The number of fused-ring (bicyclic) bond motifs is 1. The van der Waals surface area contributed by atoms with Gasteiger partial charge in [-0.05, 0) is 45.6 Å². The zero-order valence-electron chi connectivity index (χ0n) is 17.8. The van der Waals surface area contributed by atoms with E-state index < -0.39 is 0 Å². The summed E-state index contributed by atoms with van der Waals surface area (Å²) in [6.45, 7) is 8.91. The molecule has 2 aromatic rings. The van der Waals surface area contributed by atoms with Crippen molar-refractivity contribution in [3.05, 3.63) is 52.8 Å². The first-order valence-corrected chi connectivity index (χ1v) is 10.7. The van der Waals surface area contributed by atoms with Crippen LogP contribution in [0, 0.1) is 0 Å². The van der Waals surface area contributed by atoms with Crippen LogP contribution in [-0.4, -0.2) is 39.4 Å². The molecular weight excluding hydrogens is 364 g/mol. The molecule has 1 aromatic heterocycles. The molecule has 1 atom stereocenters. The van der Waals surface area contributed by atoms with Gasteiger partial charge >= 0.3 is 6.03 Å². The lowest BCUT2D eigenvalue weighted by Crippen LogP contribution is -2.51. The molecule has 0 aliphatic carbocycles. The number of likely N-dealkylation sites (tertiary alicyclic amines) is 1. The first-order chi connectivity index (χ1) is 13.9. The second-order valence-corrected chi connectivity index (χ2v) is 9.14. The third-order valence-corrected chi connectivity index (χ3v) is 5.66. The summed E-state index contributed by atoms with van der Waals surface area (Å²) in [5.74, 6) is 0. The molecule has 6 nitrogen and oxygen atoms in total. The molecule has 0 radical (unpaired) electrons. The number of carbonyl (C=O) groups excluding carboxylic acids is 1. The van der Waals surface area contributed by atoms with E-state index in [2.05, 4.69) is 34.3 Å². The number of rotatable bonds is 3. The minimum Gasteiger partial charge on any atom is -0.376 e. The molecule has 1 aromatic carbocycles. The molecule has 29 heavy (non-hydrogen) atoms. The molecule has 2 aliphatic rings. The number of hydrogen-bond acceptors (Lipinski definition) is 3. The van der Waals surface area contributed by atoms with Crippen molar-refractivity contribution in [1.29, 1.82) is 0 Å². The first kappa shape index (κ1) is 20.0. The van der Waals surface area contributed by atoms with Gasteiger partial charge in [-0.25, -0.2) is 4.79 Å². The van der Waals surface area contributed by atoms with Crippen molar-refractivity contribution in [3.8, 4) is 0 Å². The smallest absolute Gasteiger partial charge is 0.318 e. The summed E-state index contributed by atoms with van der Waals surface area (Å²) in [5.41, 5.74) is 4.46. The molecular formula is C23H32N4O2. The quantitative estimate of drug-likeness (QED) is 0.852. The van der Waals surface area contributed by atoms with Crippen LogP contribution in [0.5, 0.6) is 0 Å². The number of amides is 2. The number of urea groups is 1. The Balaban J connectivity index is 1.66. The summed E-state index contributed by atoms with van der Waals surface area (Å²) < 4.78 is 7.93. The van der Waals surface area contributed by atoms with Crippen LogP contribution in [0.2, 0.25) is 0 Å². The van der Waals surface area contributed by atoms with E-state index in [4.69, 9.17) is 9.84 Å². The van der Waals surface area contributed by atoms with Crippen LogP contribution in [0.15, 0.2) is 30.3 Å². The Labute approximate surface area is 173 Å². The fourth-order valence-corrected chi connectivity index (χ4v) is 4.34. The highest BCUT2D eigenvalue weighted by atomic mass is 16.5. The van der Waals surface area contributed by atoms with Crippen LogP contribution < -0.4 is 5.32 Å². The zero-order chi connectivity index (χ0) is 20.4. The number of hydrogen-bond donors (Lipinski definition) is 1. The van der Waals surface area contributed by atoms with Crippen LogP contribution in [0.4, 0.5) is 4.79 Å². The van der Waals surface area contributed by atoms with Gasteiger partial charge in [0.2, 0.25) is 0 Å². The van der Waals surface area contributed by atoms with Crippen molar-refractivity contribution in [2.75, 3.05) is 13.2 Å². The molecule has 0 bridgehead atoms. The summed E-state index contributed by atoms with van der Waals surface area (Å²) in [6, 6.07) is 10.5. The normalized spacial score (nSPS) is 19.7. The zero-order valence-corrected chi connectivity index (χ0v) is 17.8. The lowest BCUT2D eigenvalue weighted by molar-refractivity contribution is 0.105. The van der Waals surface area contributed by atoms with E-state index in [0.717, 1.165) is 51.1 Å². The lowest BCUT2D eigenvalue weighted by Gasteiger charge is -2.37. The number of piperidine rings is 1. The molecule has 4 rings (SSSR count). The second kappa shape index (κ2) is 8.19. The average Bonchev–Trinajstić information content (AvgIpc) is 3.06. The highest BCUT2D eigenvalue weighted by Crippen LogP contribution is 2.35. The van der Waals surface area contributed by atoms with E-state index in [9.17, 15) is 4.79 Å². The van der Waals surface area contributed by atoms with E-state index in [1.807, 2.05) is 31.7 Å². The van der Waals surface area contributed by atoms with E-state index >= 15 is 0 Å². The molecule has 6 heteroatoms. The predicted octanol–water partition coefficient (Wildman–Crippen LogP) is 4.04. The number of ether oxygens (including phenoxy) is 1. The van der Waals surface area contributed by atoms with Crippen molar-refractivity contribution < 1.29 is 9.53 Å². The maximum atomic E-state index is 13.0. The molecule has 0 unspecified atom stereocenters. The lowest BCUT2D eigenvalue weighted by atomic mass is 9.95. The Morgan fingerprint density at radius 3 is 2.79 bits per heavy atom. The summed E-state index contributed by atoms with van der Waals surface area (Å²) in [7, 11) is 0. The molecule has 1 N–H and O–H groups in total. The maximum Gasteiger partial charge on any atom is 0.318 e. The summed E-state index contributed by atoms with van der Waals surface area (Å²) in [5, 5.41) is 8.19. The van der Waals surface area contributed by atoms with Crippen molar-refractivity contribution in [3.63, 3.8) is 0 Å². The predicted molar refractivity (Wildman–Crippen MR) is 113 cm³/mol. The SMILES string of the molecule is CC(C)(C)NC(=O)N1CCCC[C@H]1c1nn(Cc2ccccc2)c2c1COCC2. The molecule has 1 saturated heterocycles. The monoisotopic (exact) mass is 396 g/mol. The van der Waals surface area contributed by atoms with Crippen molar-refractivity contribution in [1.82, 2.24) is 20.0 Å². The average molecular weight is 397 g/mol.